The summed E-state index contributed by atoms with van der Waals surface area (Å²) in [5.74, 6) is 0.0162. The molecule has 2 N–H and O–H groups in total. The number of benzene rings is 1. The van der Waals surface area contributed by atoms with Gasteiger partial charge in [-0.25, -0.2) is 13.1 Å². The van der Waals surface area contributed by atoms with Crippen LogP contribution in [0.25, 0.3) is 0 Å². The van der Waals surface area contributed by atoms with Crippen molar-refractivity contribution in [2.24, 2.45) is 0 Å². The number of hydrogen-bond donors (Lipinski definition) is 2. The molecule has 1 aromatic carbocycles. The highest BCUT2D eigenvalue weighted by Crippen LogP contribution is 2.09. The van der Waals surface area contributed by atoms with Crippen molar-refractivity contribution >= 4 is 10.0 Å². The molecule has 1 rings (SSSR count). The maximum Gasteiger partial charge on any atom is 0.216 e. The summed E-state index contributed by atoms with van der Waals surface area (Å²) in [6.07, 6.45) is 0. The average molecular weight is 299 g/mol. The van der Waals surface area contributed by atoms with Gasteiger partial charge in [0.15, 0.2) is 0 Å². The molecule has 0 saturated carbocycles. The van der Waals surface area contributed by atoms with Crippen molar-refractivity contribution in [1.82, 2.24) is 14.9 Å². The Hall–Kier alpha value is -0.950. The third-order valence-corrected chi connectivity index (χ3v) is 4.22. The molecular formula is C14H25N3O2S. The van der Waals surface area contributed by atoms with E-state index in [4.69, 9.17) is 0 Å². The average Bonchev–Trinajstić information content (AvgIpc) is 2.26. The van der Waals surface area contributed by atoms with E-state index < -0.39 is 10.0 Å². The van der Waals surface area contributed by atoms with Crippen LogP contribution in [0.15, 0.2) is 24.3 Å². The van der Waals surface area contributed by atoms with Crippen LogP contribution < -0.4 is 10.0 Å². The molecule has 0 aliphatic carbocycles. The van der Waals surface area contributed by atoms with Crippen molar-refractivity contribution in [2.75, 3.05) is 27.7 Å². The van der Waals surface area contributed by atoms with Gasteiger partial charge >= 0.3 is 0 Å². The summed E-state index contributed by atoms with van der Waals surface area (Å²) < 4.78 is 26.9. The third-order valence-electron chi connectivity index (χ3n) is 2.75. The van der Waals surface area contributed by atoms with Crippen LogP contribution in [0.5, 0.6) is 0 Å². The molecule has 20 heavy (non-hydrogen) atoms. The third kappa shape index (κ3) is 6.47. The summed E-state index contributed by atoms with van der Waals surface area (Å²) in [4.78, 5) is 1.96. The van der Waals surface area contributed by atoms with Crippen molar-refractivity contribution in [3.63, 3.8) is 0 Å². The predicted molar refractivity (Wildman–Crippen MR) is 83.0 cm³/mol. The van der Waals surface area contributed by atoms with Crippen molar-refractivity contribution in [1.29, 1.82) is 0 Å². The summed E-state index contributed by atoms with van der Waals surface area (Å²) in [5.41, 5.74) is 1.89. The van der Waals surface area contributed by atoms with Crippen LogP contribution in [0.4, 0.5) is 0 Å². The Kier molecular flexibility index (Phi) is 6.61. The van der Waals surface area contributed by atoms with Crippen LogP contribution in [0.2, 0.25) is 0 Å². The summed E-state index contributed by atoms with van der Waals surface area (Å²) in [6.45, 7) is 3.28. The van der Waals surface area contributed by atoms with Crippen molar-refractivity contribution in [3.8, 4) is 0 Å². The van der Waals surface area contributed by atoms with Crippen LogP contribution in [-0.2, 0) is 22.3 Å². The summed E-state index contributed by atoms with van der Waals surface area (Å²) in [7, 11) is 2.41. The zero-order chi connectivity index (χ0) is 15.2. The highest BCUT2D eigenvalue weighted by molar-refractivity contribution is 7.88. The van der Waals surface area contributed by atoms with Crippen molar-refractivity contribution < 1.29 is 8.42 Å². The lowest BCUT2D eigenvalue weighted by Crippen LogP contribution is -2.40. The summed E-state index contributed by atoms with van der Waals surface area (Å²) in [6, 6.07) is 7.53. The molecule has 0 aliphatic heterocycles. The van der Waals surface area contributed by atoms with Gasteiger partial charge in [0.25, 0.3) is 0 Å². The quantitative estimate of drug-likeness (QED) is 0.744. The monoisotopic (exact) mass is 299 g/mol. The van der Waals surface area contributed by atoms with E-state index in [1.807, 2.05) is 57.2 Å². The van der Waals surface area contributed by atoms with Gasteiger partial charge in [0, 0.05) is 19.1 Å². The number of sulfonamides is 1. The van der Waals surface area contributed by atoms with E-state index in [1.165, 1.54) is 0 Å². The predicted octanol–water partition coefficient (Wildman–Crippen LogP) is 0.776. The first-order valence-electron chi connectivity index (χ1n) is 6.69. The molecule has 114 valence electrons. The van der Waals surface area contributed by atoms with Crippen molar-refractivity contribution in [3.05, 3.63) is 35.4 Å². The Morgan fingerprint density at radius 3 is 2.50 bits per heavy atom. The lowest BCUT2D eigenvalue weighted by molar-refractivity contribution is 0.370. The topological polar surface area (TPSA) is 61.4 Å². The lowest BCUT2D eigenvalue weighted by atomic mass is 10.1. The second-order valence-corrected chi connectivity index (χ2v) is 7.14. The largest absolute Gasteiger partial charge is 0.316 e. The van der Waals surface area contributed by atoms with Gasteiger partial charge in [0.2, 0.25) is 10.0 Å². The maximum atomic E-state index is 12.1. The van der Waals surface area contributed by atoms with Crippen LogP contribution >= 0.6 is 0 Å². The molecule has 0 heterocycles. The van der Waals surface area contributed by atoms with Crippen molar-refractivity contribution in [2.45, 2.75) is 25.3 Å². The Bertz CT molecular complexity index is 515. The van der Waals surface area contributed by atoms with E-state index in [0.717, 1.165) is 17.7 Å². The Morgan fingerprint density at radius 1 is 1.25 bits per heavy atom. The van der Waals surface area contributed by atoms with Crippen LogP contribution in [0.3, 0.4) is 0 Å². The zero-order valence-corrected chi connectivity index (χ0v) is 13.5. The number of nitrogens with zero attached hydrogens (tertiary/aromatic N) is 1. The van der Waals surface area contributed by atoms with Gasteiger partial charge in [-0.3, -0.25) is 0 Å². The molecule has 0 saturated heterocycles. The molecule has 1 unspecified atom stereocenters. The van der Waals surface area contributed by atoms with E-state index in [1.54, 1.807) is 0 Å². The molecule has 6 heteroatoms. The van der Waals surface area contributed by atoms with Gasteiger partial charge in [0.05, 0.1) is 5.75 Å². The van der Waals surface area contributed by atoms with E-state index >= 15 is 0 Å². The maximum absolute atomic E-state index is 12.1. The van der Waals surface area contributed by atoms with Crippen LogP contribution in [0, 0.1) is 0 Å². The molecular weight excluding hydrogens is 274 g/mol. The molecule has 5 nitrogen and oxygen atoms in total. The van der Waals surface area contributed by atoms with E-state index in [0.29, 0.717) is 6.54 Å². The van der Waals surface area contributed by atoms with Gasteiger partial charge in [-0.2, -0.15) is 0 Å². The summed E-state index contributed by atoms with van der Waals surface area (Å²) >= 11 is 0. The summed E-state index contributed by atoms with van der Waals surface area (Å²) in [5, 5.41) is 3.06. The van der Waals surface area contributed by atoms with Crippen LogP contribution in [0.1, 0.15) is 18.1 Å². The number of hydrogen-bond acceptors (Lipinski definition) is 4. The Morgan fingerprint density at radius 2 is 1.90 bits per heavy atom. The van der Waals surface area contributed by atoms with E-state index in [9.17, 15) is 8.42 Å². The van der Waals surface area contributed by atoms with Gasteiger partial charge in [-0.1, -0.05) is 24.3 Å². The molecule has 0 spiro atoms. The number of rotatable bonds is 8. The fourth-order valence-corrected chi connectivity index (χ4v) is 3.58. The first-order chi connectivity index (χ1) is 9.32. The molecule has 1 aromatic rings. The minimum atomic E-state index is -3.31. The molecule has 0 amide bonds. The van der Waals surface area contributed by atoms with Gasteiger partial charge in [-0.05, 0) is 39.2 Å². The molecule has 0 fully saturated rings. The van der Waals surface area contributed by atoms with Gasteiger partial charge in [-0.15, -0.1) is 0 Å². The highest BCUT2D eigenvalue weighted by atomic mass is 32.2. The minimum absolute atomic E-state index is 0.0162. The van der Waals surface area contributed by atoms with E-state index in [-0.39, 0.29) is 11.8 Å². The van der Waals surface area contributed by atoms with Gasteiger partial charge in [0.1, 0.15) is 0 Å². The fraction of sp³-hybridized carbons (Fsp3) is 0.571. The fourth-order valence-electron chi connectivity index (χ4n) is 2.19. The van der Waals surface area contributed by atoms with E-state index in [2.05, 4.69) is 10.0 Å². The Balaban J connectivity index is 2.68. The second kappa shape index (κ2) is 7.73. The SMILES string of the molecule is CNCc1cccc(CS(=O)(=O)NC(C)CN(C)C)c1. The number of nitrogens with one attached hydrogen (secondary N) is 2. The molecule has 0 bridgehead atoms. The lowest BCUT2D eigenvalue weighted by Gasteiger charge is -2.18. The Labute approximate surface area is 122 Å². The molecule has 0 radical (unpaired) electrons. The van der Waals surface area contributed by atoms with Gasteiger partial charge < -0.3 is 10.2 Å². The first kappa shape index (κ1) is 17.1. The second-order valence-electron chi connectivity index (χ2n) is 5.39. The minimum Gasteiger partial charge on any atom is -0.316 e. The smallest absolute Gasteiger partial charge is 0.216 e. The molecule has 0 aromatic heterocycles. The first-order valence-corrected chi connectivity index (χ1v) is 8.35. The standard InChI is InChI=1S/C14H25N3O2S/c1-12(10-17(3)4)16-20(18,19)11-14-7-5-6-13(8-14)9-15-2/h5-8,12,15-16H,9-11H2,1-4H3. The molecule has 0 aliphatic rings. The highest BCUT2D eigenvalue weighted by Gasteiger charge is 2.15. The van der Waals surface area contributed by atoms with Crippen LogP contribution in [-0.4, -0.2) is 47.0 Å². The zero-order valence-electron chi connectivity index (χ0n) is 12.7. The number of likely N-dealkylation sites (N-methyl/N-ethyl adjacent to an activating group) is 1. The normalized spacial score (nSPS) is 13.7. The molecule has 1 atom stereocenters.